The average Bonchev–Trinajstić information content (AvgIpc) is 2.92. The third-order valence-electron chi connectivity index (χ3n) is 3.23. The van der Waals surface area contributed by atoms with E-state index in [4.69, 9.17) is 0 Å². The Hall–Kier alpha value is -1.46. The van der Waals surface area contributed by atoms with Crippen molar-refractivity contribution in [1.82, 2.24) is 14.8 Å². The van der Waals surface area contributed by atoms with Gasteiger partial charge >= 0.3 is 0 Å². The molecule has 0 saturated heterocycles. The van der Waals surface area contributed by atoms with Gasteiger partial charge in [0.2, 0.25) is 0 Å². The summed E-state index contributed by atoms with van der Waals surface area (Å²) in [5, 5.41) is 9.32. The molecule has 0 aliphatic heterocycles. The van der Waals surface area contributed by atoms with Gasteiger partial charge in [-0.25, -0.2) is 0 Å². The van der Waals surface area contributed by atoms with Crippen molar-refractivity contribution in [3.63, 3.8) is 0 Å². The number of rotatable bonds is 3. The second-order valence-corrected chi connectivity index (χ2v) is 6.14. The standard InChI is InChI=1S/C16H13Br2N3/c1-11-7-8-13(14(18)9-11)16-20-19-15(10-17)21(16)12-5-3-2-4-6-12/h2-9H,10H2,1H3. The van der Waals surface area contributed by atoms with E-state index in [0.29, 0.717) is 5.33 Å². The topological polar surface area (TPSA) is 30.7 Å². The lowest BCUT2D eigenvalue weighted by Gasteiger charge is -2.11. The molecule has 21 heavy (non-hydrogen) atoms. The van der Waals surface area contributed by atoms with E-state index in [1.165, 1.54) is 5.56 Å². The minimum Gasteiger partial charge on any atom is -0.278 e. The average molecular weight is 407 g/mol. The molecule has 0 N–H and O–H groups in total. The molecule has 1 heterocycles. The number of hydrogen-bond acceptors (Lipinski definition) is 2. The maximum atomic E-state index is 4.38. The lowest BCUT2D eigenvalue weighted by molar-refractivity contribution is 0.962. The molecule has 0 bridgehead atoms. The Balaban J connectivity index is 2.22. The molecule has 3 rings (SSSR count). The molecule has 0 atom stereocenters. The Morgan fingerprint density at radius 2 is 1.81 bits per heavy atom. The highest BCUT2D eigenvalue weighted by Gasteiger charge is 2.16. The highest BCUT2D eigenvalue weighted by Crippen LogP contribution is 2.30. The molecule has 0 amide bonds. The summed E-state index contributed by atoms with van der Waals surface area (Å²) in [6.07, 6.45) is 0. The molecular weight excluding hydrogens is 394 g/mol. The van der Waals surface area contributed by atoms with E-state index in [0.717, 1.165) is 27.4 Å². The first-order chi connectivity index (χ1) is 10.2. The third kappa shape index (κ3) is 2.80. The van der Waals surface area contributed by atoms with Crippen molar-refractivity contribution in [1.29, 1.82) is 0 Å². The van der Waals surface area contributed by atoms with Gasteiger partial charge in [-0.1, -0.05) is 56.1 Å². The number of para-hydroxylation sites is 1. The first kappa shape index (κ1) is 14.5. The molecule has 0 spiro atoms. The summed E-state index contributed by atoms with van der Waals surface area (Å²) in [4.78, 5) is 0. The lowest BCUT2D eigenvalue weighted by Crippen LogP contribution is -2.01. The quantitative estimate of drug-likeness (QED) is 0.579. The van der Waals surface area contributed by atoms with Crippen LogP contribution in [0.25, 0.3) is 17.1 Å². The zero-order chi connectivity index (χ0) is 14.8. The fraction of sp³-hybridized carbons (Fsp3) is 0.125. The SMILES string of the molecule is Cc1ccc(-c2nnc(CBr)n2-c2ccccc2)c(Br)c1. The summed E-state index contributed by atoms with van der Waals surface area (Å²) in [7, 11) is 0. The molecule has 0 fully saturated rings. The second kappa shape index (κ2) is 6.12. The van der Waals surface area contributed by atoms with Crippen LogP contribution in [0.2, 0.25) is 0 Å². The minimum atomic E-state index is 0.651. The van der Waals surface area contributed by atoms with E-state index in [1.807, 2.05) is 18.2 Å². The van der Waals surface area contributed by atoms with Crippen LogP contribution in [0.1, 0.15) is 11.4 Å². The van der Waals surface area contributed by atoms with Crippen molar-refractivity contribution >= 4 is 31.9 Å². The molecule has 1 aromatic heterocycles. The largest absolute Gasteiger partial charge is 0.278 e. The fourth-order valence-electron chi connectivity index (χ4n) is 2.23. The number of nitrogens with zero attached hydrogens (tertiary/aromatic N) is 3. The lowest BCUT2D eigenvalue weighted by atomic mass is 10.1. The predicted molar refractivity (Wildman–Crippen MR) is 91.9 cm³/mol. The van der Waals surface area contributed by atoms with Crippen LogP contribution in [-0.2, 0) is 5.33 Å². The first-order valence-corrected chi connectivity index (χ1v) is 8.44. The zero-order valence-electron chi connectivity index (χ0n) is 11.4. The van der Waals surface area contributed by atoms with E-state index in [1.54, 1.807) is 0 Å². The molecule has 106 valence electrons. The molecule has 0 aliphatic carbocycles. The van der Waals surface area contributed by atoms with Crippen molar-refractivity contribution in [2.45, 2.75) is 12.3 Å². The summed E-state index contributed by atoms with van der Waals surface area (Å²) in [6.45, 7) is 2.07. The normalized spacial score (nSPS) is 10.8. The van der Waals surface area contributed by atoms with Gasteiger partial charge in [0.15, 0.2) is 5.82 Å². The number of aryl methyl sites for hydroxylation is 1. The van der Waals surface area contributed by atoms with Crippen LogP contribution in [0, 0.1) is 6.92 Å². The molecule has 2 aromatic carbocycles. The van der Waals surface area contributed by atoms with Gasteiger partial charge in [-0.15, -0.1) is 10.2 Å². The maximum absolute atomic E-state index is 4.38. The van der Waals surface area contributed by atoms with Crippen LogP contribution in [0.15, 0.2) is 53.0 Å². The summed E-state index contributed by atoms with van der Waals surface area (Å²) in [5.74, 6) is 1.71. The van der Waals surface area contributed by atoms with Crippen molar-refractivity contribution in [3.05, 3.63) is 64.4 Å². The number of benzene rings is 2. The smallest absolute Gasteiger partial charge is 0.169 e. The third-order valence-corrected chi connectivity index (χ3v) is 4.39. The van der Waals surface area contributed by atoms with Crippen LogP contribution in [-0.4, -0.2) is 14.8 Å². The monoisotopic (exact) mass is 405 g/mol. The van der Waals surface area contributed by atoms with Crippen molar-refractivity contribution in [2.24, 2.45) is 0 Å². The van der Waals surface area contributed by atoms with Gasteiger partial charge in [-0.05, 0) is 36.8 Å². The van der Waals surface area contributed by atoms with Crippen LogP contribution >= 0.6 is 31.9 Å². The highest BCUT2D eigenvalue weighted by molar-refractivity contribution is 9.10. The van der Waals surface area contributed by atoms with Crippen LogP contribution in [0.3, 0.4) is 0 Å². The second-order valence-electron chi connectivity index (χ2n) is 4.73. The number of aromatic nitrogens is 3. The van der Waals surface area contributed by atoms with Crippen molar-refractivity contribution < 1.29 is 0 Å². The van der Waals surface area contributed by atoms with Crippen molar-refractivity contribution in [3.8, 4) is 17.1 Å². The minimum absolute atomic E-state index is 0.651. The maximum Gasteiger partial charge on any atom is 0.169 e. The van der Waals surface area contributed by atoms with Gasteiger partial charge in [0, 0.05) is 15.7 Å². The van der Waals surface area contributed by atoms with Gasteiger partial charge in [0.25, 0.3) is 0 Å². The Labute approximate surface area is 140 Å². The van der Waals surface area contributed by atoms with E-state index in [9.17, 15) is 0 Å². The van der Waals surface area contributed by atoms with Gasteiger partial charge in [-0.2, -0.15) is 0 Å². The van der Waals surface area contributed by atoms with Crippen LogP contribution < -0.4 is 0 Å². The van der Waals surface area contributed by atoms with Crippen LogP contribution in [0.4, 0.5) is 0 Å². The predicted octanol–water partition coefficient (Wildman–Crippen LogP) is 4.90. The highest BCUT2D eigenvalue weighted by atomic mass is 79.9. The van der Waals surface area contributed by atoms with Gasteiger partial charge in [0.1, 0.15) is 5.82 Å². The molecule has 3 aromatic rings. The Bertz CT molecular complexity index is 766. The van der Waals surface area contributed by atoms with E-state index in [-0.39, 0.29) is 0 Å². The Morgan fingerprint density at radius 3 is 2.48 bits per heavy atom. The number of halogens is 2. The Morgan fingerprint density at radius 1 is 1.05 bits per heavy atom. The molecule has 0 aliphatic rings. The fourth-order valence-corrected chi connectivity index (χ4v) is 3.26. The van der Waals surface area contributed by atoms with Crippen molar-refractivity contribution in [2.75, 3.05) is 0 Å². The summed E-state index contributed by atoms with van der Waals surface area (Å²) < 4.78 is 3.10. The van der Waals surface area contributed by atoms with E-state index >= 15 is 0 Å². The van der Waals surface area contributed by atoms with E-state index in [2.05, 4.69) is 83.9 Å². The molecule has 5 heteroatoms. The van der Waals surface area contributed by atoms with Gasteiger partial charge < -0.3 is 0 Å². The molecular formula is C16H13Br2N3. The van der Waals surface area contributed by atoms with E-state index < -0.39 is 0 Å². The first-order valence-electron chi connectivity index (χ1n) is 6.53. The number of hydrogen-bond donors (Lipinski definition) is 0. The summed E-state index contributed by atoms with van der Waals surface area (Å²) in [6, 6.07) is 16.4. The number of alkyl halides is 1. The van der Waals surface area contributed by atoms with Gasteiger partial charge in [-0.3, -0.25) is 4.57 Å². The molecule has 0 radical (unpaired) electrons. The summed E-state index contributed by atoms with van der Waals surface area (Å²) in [5.41, 5.74) is 3.29. The Kier molecular flexibility index (Phi) is 4.22. The molecule has 0 unspecified atom stereocenters. The zero-order valence-corrected chi connectivity index (χ0v) is 14.6. The van der Waals surface area contributed by atoms with Crippen LogP contribution in [0.5, 0.6) is 0 Å². The molecule has 0 saturated carbocycles. The molecule has 3 nitrogen and oxygen atoms in total. The van der Waals surface area contributed by atoms with Gasteiger partial charge in [0.05, 0.1) is 5.33 Å². The summed E-state index contributed by atoms with van der Waals surface area (Å²) >= 11 is 7.12.